The molecule has 2 rings (SSSR count). The third-order valence-corrected chi connectivity index (χ3v) is 2.95. The molecule has 0 aliphatic carbocycles. The minimum absolute atomic E-state index is 0.105. The first-order chi connectivity index (χ1) is 8.09. The highest BCUT2D eigenvalue weighted by Gasteiger charge is 2.26. The molecule has 2 heterocycles. The second-order valence-corrected chi connectivity index (χ2v) is 4.34. The van der Waals surface area contributed by atoms with Gasteiger partial charge in [-0.3, -0.25) is 4.98 Å². The molecular formula is C12H16N2O3. The number of carboxylic acid groups (broad SMARTS) is 1. The summed E-state index contributed by atoms with van der Waals surface area (Å²) in [5.74, 6) is -0.922. The molecule has 1 saturated heterocycles. The van der Waals surface area contributed by atoms with Crippen molar-refractivity contribution < 1.29 is 14.6 Å². The van der Waals surface area contributed by atoms with Gasteiger partial charge in [-0.05, 0) is 19.9 Å². The molecule has 1 fully saturated rings. The molecule has 5 nitrogen and oxygen atoms in total. The van der Waals surface area contributed by atoms with Crippen molar-refractivity contribution in [3.8, 4) is 0 Å². The maximum absolute atomic E-state index is 11.2. The molecular weight excluding hydrogens is 220 g/mol. The maximum atomic E-state index is 11.2. The summed E-state index contributed by atoms with van der Waals surface area (Å²) >= 11 is 0. The first-order valence-electron chi connectivity index (χ1n) is 5.65. The highest BCUT2D eigenvalue weighted by molar-refractivity contribution is 5.94. The number of nitrogens with zero attached hydrogens (tertiary/aromatic N) is 2. The van der Waals surface area contributed by atoms with E-state index in [-0.39, 0.29) is 12.1 Å². The lowest BCUT2D eigenvalue weighted by atomic mass is 10.1. The van der Waals surface area contributed by atoms with Crippen molar-refractivity contribution in [1.82, 2.24) is 4.98 Å². The Labute approximate surface area is 100 Å². The van der Waals surface area contributed by atoms with E-state index < -0.39 is 5.97 Å². The molecule has 5 heteroatoms. The first-order valence-corrected chi connectivity index (χ1v) is 5.65. The Bertz CT molecular complexity index is 422. The van der Waals surface area contributed by atoms with Gasteiger partial charge in [-0.25, -0.2) is 4.79 Å². The van der Waals surface area contributed by atoms with Crippen LogP contribution in [0.5, 0.6) is 0 Å². The van der Waals surface area contributed by atoms with Gasteiger partial charge in [0.15, 0.2) is 0 Å². The lowest BCUT2D eigenvalue weighted by molar-refractivity contribution is 0.0341. The minimum Gasteiger partial charge on any atom is -0.478 e. The highest BCUT2D eigenvalue weighted by atomic mass is 16.5. The quantitative estimate of drug-likeness (QED) is 0.840. The van der Waals surface area contributed by atoms with Crippen LogP contribution in [0.1, 0.15) is 24.2 Å². The molecule has 1 aromatic rings. The van der Waals surface area contributed by atoms with Gasteiger partial charge in [0.2, 0.25) is 0 Å². The molecule has 2 unspecified atom stereocenters. The molecule has 0 bridgehead atoms. The van der Waals surface area contributed by atoms with Crippen molar-refractivity contribution >= 4 is 11.7 Å². The van der Waals surface area contributed by atoms with Crippen molar-refractivity contribution in [2.75, 3.05) is 18.1 Å². The molecule has 0 saturated carbocycles. The molecule has 92 valence electrons. The van der Waals surface area contributed by atoms with Crippen LogP contribution in [-0.4, -0.2) is 41.4 Å². The molecule has 0 aromatic carbocycles. The number of carbonyl (C=O) groups is 1. The first kappa shape index (κ1) is 11.9. The Morgan fingerprint density at radius 3 is 3.06 bits per heavy atom. The Kier molecular flexibility index (Phi) is 3.28. The Hall–Kier alpha value is -1.62. The van der Waals surface area contributed by atoms with Gasteiger partial charge in [0.25, 0.3) is 0 Å². The number of carboxylic acids is 1. The second-order valence-electron chi connectivity index (χ2n) is 4.34. The zero-order chi connectivity index (χ0) is 12.4. The zero-order valence-corrected chi connectivity index (χ0v) is 9.96. The summed E-state index contributed by atoms with van der Waals surface area (Å²) in [7, 11) is 0. The lowest BCUT2D eigenvalue weighted by Crippen LogP contribution is -2.48. The monoisotopic (exact) mass is 236 g/mol. The van der Waals surface area contributed by atoms with Crippen molar-refractivity contribution in [1.29, 1.82) is 0 Å². The van der Waals surface area contributed by atoms with Gasteiger partial charge in [0.1, 0.15) is 0 Å². The fourth-order valence-electron chi connectivity index (χ4n) is 2.03. The van der Waals surface area contributed by atoms with Crippen LogP contribution in [-0.2, 0) is 4.74 Å². The largest absolute Gasteiger partial charge is 0.478 e. The van der Waals surface area contributed by atoms with Gasteiger partial charge in [-0.15, -0.1) is 0 Å². The summed E-state index contributed by atoms with van der Waals surface area (Å²) in [4.78, 5) is 17.2. The van der Waals surface area contributed by atoms with Gasteiger partial charge >= 0.3 is 5.97 Å². The third-order valence-electron chi connectivity index (χ3n) is 2.95. The van der Waals surface area contributed by atoms with E-state index in [1.54, 1.807) is 6.20 Å². The number of hydrogen-bond donors (Lipinski definition) is 1. The smallest absolute Gasteiger partial charge is 0.337 e. The van der Waals surface area contributed by atoms with Crippen LogP contribution in [0, 0.1) is 0 Å². The molecule has 0 radical (unpaired) electrons. The van der Waals surface area contributed by atoms with Gasteiger partial charge in [0.05, 0.1) is 30.2 Å². The lowest BCUT2D eigenvalue weighted by Gasteiger charge is -2.38. The summed E-state index contributed by atoms with van der Waals surface area (Å²) in [6.07, 6.45) is 3.22. The van der Waals surface area contributed by atoms with E-state index in [4.69, 9.17) is 9.84 Å². The number of hydrogen-bond acceptors (Lipinski definition) is 4. The minimum atomic E-state index is -0.922. The predicted octanol–water partition coefficient (Wildman–Crippen LogP) is 1.39. The number of pyridine rings is 1. The van der Waals surface area contributed by atoms with Gasteiger partial charge in [-0.1, -0.05) is 0 Å². The third kappa shape index (κ3) is 2.39. The normalized spacial score (nSPS) is 24.7. The number of ether oxygens (including phenoxy) is 1. The van der Waals surface area contributed by atoms with E-state index in [1.807, 2.05) is 18.7 Å². The average molecular weight is 236 g/mol. The van der Waals surface area contributed by atoms with Crippen LogP contribution in [0.25, 0.3) is 0 Å². The zero-order valence-electron chi connectivity index (χ0n) is 9.96. The second kappa shape index (κ2) is 4.71. The maximum Gasteiger partial charge on any atom is 0.337 e. The van der Waals surface area contributed by atoms with E-state index in [1.165, 1.54) is 12.3 Å². The Morgan fingerprint density at radius 1 is 1.59 bits per heavy atom. The topological polar surface area (TPSA) is 62.7 Å². The van der Waals surface area contributed by atoms with Crippen LogP contribution in [0.15, 0.2) is 18.5 Å². The predicted molar refractivity (Wildman–Crippen MR) is 63.4 cm³/mol. The van der Waals surface area contributed by atoms with Crippen LogP contribution < -0.4 is 4.90 Å². The van der Waals surface area contributed by atoms with Crippen molar-refractivity contribution in [3.63, 3.8) is 0 Å². The molecule has 1 aliphatic heterocycles. The van der Waals surface area contributed by atoms with Gasteiger partial charge in [0, 0.05) is 18.8 Å². The number of anilines is 1. The summed E-state index contributed by atoms with van der Waals surface area (Å²) in [5.41, 5.74) is 0.962. The molecule has 2 atom stereocenters. The fraction of sp³-hybridized carbons (Fsp3) is 0.500. The van der Waals surface area contributed by atoms with Crippen molar-refractivity contribution in [3.05, 3.63) is 24.0 Å². The number of morpholine rings is 1. The summed E-state index contributed by atoms with van der Waals surface area (Å²) < 4.78 is 5.53. The number of aromatic carboxylic acids is 1. The van der Waals surface area contributed by atoms with E-state index in [0.29, 0.717) is 24.4 Å². The number of aromatic nitrogens is 1. The van der Waals surface area contributed by atoms with Crippen molar-refractivity contribution in [2.45, 2.75) is 26.0 Å². The van der Waals surface area contributed by atoms with E-state index in [9.17, 15) is 4.79 Å². The summed E-state index contributed by atoms with van der Waals surface area (Å²) in [6.45, 7) is 5.29. The van der Waals surface area contributed by atoms with Crippen LogP contribution in [0.2, 0.25) is 0 Å². The molecule has 1 aliphatic rings. The van der Waals surface area contributed by atoms with E-state index in [0.717, 1.165) is 0 Å². The standard InChI is InChI=1S/C12H16N2O3/c1-8-7-17-9(2)6-14(8)11-5-13-4-3-10(11)12(15)16/h3-5,8-9H,6-7H2,1-2H3,(H,15,16). The molecule has 0 spiro atoms. The number of rotatable bonds is 2. The molecule has 0 amide bonds. The Morgan fingerprint density at radius 2 is 2.35 bits per heavy atom. The van der Waals surface area contributed by atoms with Gasteiger partial charge in [-0.2, -0.15) is 0 Å². The van der Waals surface area contributed by atoms with Crippen LogP contribution in [0.3, 0.4) is 0 Å². The highest BCUT2D eigenvalue weighted by Crippen LogP contribution is 2.24. The molecule has 1 N–H and O–H groups in total. The SMILES string of the molecule is CC1CN(c2cnccc2C(=O)O)C(C)CO1. The molecule has 17 heavy (non-hydrogen) atoms. The van der Waals surface area contributed by atoms with Crippen LogP contribution >= 0.6 is 0 Å². The van der Waals surface area contributed by atoms with Crippen molar-refractivity contribution in [2.24, 2.45) is 0 Å². The summed E-state index contributed by atoms with van der Waals surface area (Å²) in [5, 5.41) is 9.16. The summed E-state index contributed by atoms with van der Waals surface area (Å²) in [6, 6.07) is 1.69. The average Bonchev–Trinajstić information content (AvgIpc) is 2.32. The van der Waals surface area contributed by atoms with E-state index >= 15 is 0 Å². The Balaban J connectivity index is 2.35. The van der Waals surface area contributed by atoms with E-state index in [2.05, 4.69) is 4.98 Å². The molecule has 1 aromatic heterocycles. The van der Waals surface area contributed by atoms with Gasteiger partial charge < -0.3 is 14.7 Å². The van der Waals surface area contributed by atoms with Crippen LogP contribution in [0.4, 0.5) is 5.69 Å². The fourth-order valence-corrected chi connectivity index (χ4v) is 2.03.